The van der Waals surface area contributed by atoms with Crippen molar-refractivity contribution in [3.05, 3.63) is 70.7 Å². The molecule has 0 aliphatic carbocycles. The zero-order valence-electron chi connectivity index (χ0n) is 12.8. The number of rotatable bonds is 5. The molecule has 0 unspecified atom stereocenters. The average Bonchev–Trinajstić information content (AvgIpc) is 2.58. The molecule has 8 heteroatoms. The molecule has 0 amide bonds. The Morgan fingerprint density at radius 3 is 2.33 bits per heavy atom. The third-order valence-corrected chi connectivity index (χ3v) is 3.31. The molecule has 0 saturated heterocycles. The lowest BCUT2D eigenvalue weighted by Crippen LogP contribution is -2.06. The summed E-state index contributed by atoms with van der Waals surface area (Å²) in [5.41, 5.74) is 1.44. The Labute approximate surface area is 137 Å². The number of anilines is 4. The zero-order valence-corrected chi connectivity index (χ0v) is 12.8. The van der Waals surface area contributed by atoms with E-state index in [4.69, 9.17) is 0 Å². The van der Waals surface area contributed by atoms with E-state index in [2.05, 4.69) is 25.6 Å². The summed E-state index contributed by atoms with van der Waals surface area (Å²) in [6.45, 7) is 1.91. The van der Waals surface area contributed by atoms with Crippen LogP contribution in [0.5, 0.6) is 0 Å². The lowest BCUT2D eigenvalue weighted by molar-refractivity contribution is -0.383. The molecule has 1 aromatic carbocycles. The Morgan fingerprint density at radius 1 is 0.958 bits per heavy atom. The second-order valence-corrected chi connectivity index (χ2v) is 4.96. The average molecular weight is 322 g/mol. The first-order chi connectivity index (χ1) is 11.6. The van der Waals surface area contributed by atoms with Gasteiger partial charge in [0.05, 0.1) is 4.92 Å². The molecular formula is C16H14N6O2. The summed E-state index contributed by atoms with van der Waals surface area (Å²) in [6.07, 6.45) is 2.85. The lowest BCUT2D eigenvalue weighted by Gasteiger charge is -2.11. The van der Waals surface area contributed by atoms with E-state index >= 15 is 0 Å². The van der Waals surface area contributed by atoms with E-state index in [1.807, 2.05) is 31.2 Å². The Balaban J connectivity index is 1.99. The van der Waals surface area contributed by atoms with Gasteiger partial charge in [-0.3, -0.25) is 10.1 Å². The highest BCUT2D eigenvalue weighted by Gasteiger charge is 2.23. The molecule has 120 valence electrons. The lowest BCUT2D eigenvalue weighted by atomic mass is 10.2. The van der Waals surface area contributed by atoms with Gasteiger partial charge < -0.3 is 10.6 Å². The van der Waals surface area contributed by atoms with Crippen LogP contribution in [0, 0.1) is 17.0 Å². The van der Waals surface area contributed by atoms with Crippen LogP contribution >= 0.6 is 0 Å². The third kappa shape index (κ3) is 3.27. The molecule has 3 aromatic rings. The fourth-order valence-electron chi connectivity index (χ4n) is 2.13. The van der Waals surface area contributed by atoms with Crippen molar-refractivity contribution in [1.29, 1.82) is 0 Å². The monoisotopic (exact) mass is 322 g/mol. The predicted octanol–water partition coefficient (Wildman–Crippen LogP) is 3.58. The summed E-state index contributed by atoms with van der Waals surface area (Å²) in [7, 11) is 0. The van der Waals surface area contributed by atoms with E-state index in [0.29, 0.717) is 5.82 Å². The van der Waals surface area contributed by atoms with Gasteiger partial charge in [0.25, 0.3) is 0 Å². The van der Waals surface area contributed by atoms with Gasteiger partial charge in [0.1, 0.15) is 12.1 Å². The number of nitrogens with one attached hydrogen (secondary N) is 2. The van der Waals surface area contributed by atoms with E-state index in [1.165, 1.54) is 6.33 Å². The predicted molar refractivity (Wildman–Crippen MR) is 90.7 cm³/mol. The minimum atomic E-state index is -0.522. The molecule has 0 aliphatic heterocycles. The number of hydrogen-bond acceptors (Lipinski definition) is 7. The van der Waals surface area contributed by atoms with Crippen LogP contribution in [0.3, 0.4) is 0 Å². The highest BCUT2D eigenvalue weighted by Crippen LogP contribution is 2.33. The number of pyridine rings is 1. The smallest absolute Gasteiger partial charge is 0.334 e. The van der Waals surface area contributed by atoms with Gasteiger partial charge in [-0.15, -0.1) is 0 Å². The van der Waals surface area contributed by atoms with E-state index in [9.17, 15) is 10.1 Å². The fourth-order valence-corrected chi connectivity index (χ4v) is 2.13. The summed E-state index contributed by atoms with van der Waals surface area (Å²) in [6, 6.07) is 12.7. The minimum Gasteiger partial charge on any atom is -0.334 e. The summed E-state index contributed by atoms with van der Waals surface area (Å²) in [4.78, 5) is 23.1. The highest BCUT2D eigenvalue weighted by atomic mass is 16.6. The van der Waals surface area contributed by atoms with Gasteiger partial charge in [-0.25, -0.2) is 15.0 Å². The van der Waals surface area contributed by atoms with Crippen LogP contribution in [-0.4, -0.2) is 19.9 Å². The number of benzene rings is 1. The van der Waals surface area contributed by atoms with Gasteiger partial charge in [0, 0.05) is 11.9 Å². The van der Waals surface area contributed by atoms with E-state index in [1.54, 1.807) is 24.4 Å². The number of nitrogens with zero attached hydrogens (tertiary/aromatic N) is 4. The van der Waals surface area contributed by atoms with E-state index in [0.717, 1.165) is 11.3 Å². The molecule has 3 rings (SSSR count). The topological polar surface area (TPSA) is 106 Å². The Hall–Kier alpha value is -3.55. The van der Waals surface area contributed by atoms with Crippen molar-refractivity contribution in [2.45, 2.75) is 6.92 Å². The molecular weight excluding hydrogens is 308 g/mol. The van der Waals surface area contributed by atoms with Crippen molar-refractivity contribution < 1.29 is 4.92 Å². The Bertz CT molecular complexity index is 869. The van der Waals surface area contributed by atoms with E-state index < -0.39 is 4.92 Å². The van der Waals surface area contributed by atoms with E-state index in [-0.39, 0.29) is 17.3 Å². The molecule has 2 N–H and O–H groups in total. The maximum Gasteiger partial charge on any atom is 0.353 e. The van der Waals surface area contributed by atoms with Crippen LogP contribution < -0.4 is 10.6 Å². The second-order valence-electron chi connectivity index (χ2n) is 4.96. The van der Waals surface area contributed by atoms with Gasteiger partial charge in [-0.1, -0.05) is 24.3 Å². The fraction of sp³-hybridized carbons (Fsp3) is 0.0625. The Morgan fingerprint density at radius 2 is 1.67 bits per heavy atom. The second kappa shape index (κ2) is 6.69. The number of aryl methyl sites for hydroxylation is 1. The summed E-state index contributed by atoms with van der Waals surface area (Å²) >= 11 is 0. The van der Waals surface area contributed by atoms with Gasteiger partial charge in [-0.2, -0.15) is 0 Å². The van der Waals surface area contributed by atoms with Crippen molar-refractivity contribution >= 4 is 28.8 Å². The summed E-state index contributed by atoms with van der Waals surface area (Å²) < 4.78 is 0. The quantitative estimate of drug-likeness (QED) is 0.546. The molecule has 0 fully saturated rings. The zero-order chi connectivity index (χ0) is 16.9. The van der Waals surface area contributed by atoms with Crippen molar-refractivity contribution in [3.63, 3.8) is 0 Å². The number of aromatic nitrogens is 3. The first-order valence-electron chi connectivity index (χ1n) is 7.15. The normalized spacial score (nSPS) is 10.2. The first-order valence-corrected chi connectivity index (χ1v) is 7.15. The molecule has 0 aliphatic rings. The van der Waals surface area contributed by atoms with Crippen LogP contribution in [0.2, 0.25) is 0 Å². The van der Waals surface area contributed by atoms with Crippen molar-refractivity contribution in [1.82, 2.24) is 15.0 Å². The molecule has 0 saturated carbocycles. The van der Waals surface area contributed by atoms with Gasteiger partial charge in [-0.05, 0) is 30.7 Å². The molecule has 0 spiro atoms. The van der Waals surface area contributed by atoms with Gasteiger partial charge in [0.2, 0.25) is 11.6 Å². The molecule has 2 aromatic heterocycles. The van der Waals surface area contributed by atoms with Crippen molar-refractivity contribution in [2.75, 3.05) is 10.6 Å². The number of para-hydroxylation sites is 1. The van der Waals surface area contributed by atoms with Crippen LogP contribution in [0.25, 0.3) is 0 Å². The molecule has 0 atom stereocenters. The molecule has 0 bridgehead atoms. The first kappa shape index (κ1) is 15.3. The minimum absolute atomic E-state index is 0.0739. The number of hydrogen-bond donors (Lipinski definition) is 2. The van der Waals surface area contributed by atoms with Gasteiger partial charge >= 0.3 is 5.69 Å². The van der Waals surface area contributed by atoms with Crippen LogP contribution in [-0.2, 0) is 0 Å². The maximum atomic E-state index is 11.5. The third-order valence-electron chi connectivity index (χ3n) is 3.31. The highest BCUT2D eigenvalue weighted by molar-refractivity contribution is 5.76. The SMILES string of the molecule is Cc1ccccc1Nc1ncnc(Nc2ccccn2)c1[N+](=O)[O-]. The number of nitro groups is 1. The summed E-state index contributed by atoms with van der Waals surface area (Å²) in [5.74, 6) is 0.647. The van der Waals surface area contributed by atoms with Crippen LogP contribution in [0.4, 0.5) is 28.8 Å². The van der Waals surface area contributed by atoms with Crippen molar-refractivity contribution in [2.24, 2.45) is 0 Å². The maximum absolute atomic E-state index is 11.5. The van der Waals surface area contributed by atoms with Gasteiger partial charge in [0.15, 0.2) is 0 Å². The standard InChI is InChI=1S/C16H14N6O2/c1-11-6-2-3-7-12(11)20-15-14(22(23)24)16(19-10-18-15)21-13-8-4-5-9-17-13/h2-10H,1H3,(H2,17,18,19,20,21). The largest absolute Gasteiger partial charge is 0.353 e. The van der Waals surface area contributed by atoms with Crippen molar-refractivity contribution in [3.8, 4) is 0 Å². The molecule has 8 nitrogen and oxygen atoms in total. The van der Waals surface area contributed by atoms with Crippen LogP contribution in [0.1, 0.15) is 5.56 Å². The van der Waals surface area contributed by atoms with Crippen LogP contribution in [0.15, 0.2) is 55.0 Å². The molecule has 2 heterocycles. The molecule has 0 radical (unpaired) electrons. The Kier molecular flexibility index (Phi) is 4.28. The molecule has 24 heavy (non-hydrogen) atoms. The summed E-state index contributed by atoms with van der Waals surface area (Å²) in [5, 5.41) is 17.4.